The van der Waals surface area contributed by atoms with E-state index in [-0.39, 0.29) is 16.9 Å². The van der Waals surface area contributed by atoms with Gasteiger partial charge in [0.05, 0.1) is 22.7 Å². The predicted molar refractivity (Wildman–Crippen MR) is 125 cm³/mol. The molecule has 1 aliphatic rings. The molecule has 1 saturated heterocycles. The van der Waals surface area contributed by atoms with Crippen LogP contribution in [0.15, 0.2) is 47.4 Å². The summed E-state index contributed by atoms with van der Waals surface area (Å²) in [4.78, 5) is 17.2. The third-order valence-electron chi connectivity index (χ3n) is 5.74. The van der Waals surface area contributed by atoms with Crippen LogP contribution < -0.4 is 10.2 Å². The summed E-state index contributed by atoms with van der Waals surface area (Å²) in [6.07, 6.45) is -0.137. The maximum Gasteiger partial charge on any atom is 0.243 e. The maximum absolute atomic E-state index is 14.0. The molecular formula is C23H31FN4O3S. The fourth-order valence-corrected chi connectivity index (χ4v) is 5.31. The lowest BCUT2D eigenvalue weighted by Crippen LogP contribution is -2.44. The van der Waals surface area contributed by atoms with Crippen molar-refractivity contribution in [1.29, 1.82) is 0 Å². The molecule has 9 heteroatoms. The summed E-state index contributed by atoms with van der Waals surface area (Å²) in [5.74, 6) is -0.845. The number of nitrogens with one attached hydrogen (secondary N) is 1. The van der Waals surface area contributed by atoms with Crippen molar-refractivity contribution in [3.8, 4) is 0 Å². The van der Waals surface area contributed by atoms with Gasteiger partial charge in [-0.2, -0.15) is 4.31 Å². The Balaban J connectivity index is 1.94. The fraction of sp³-hybridized carbons (Fsp3) is 0.435. The number of likely N-dealkylation sites (N-methyl/N-ethyl adjacent to an activating group) is 1. The first kappa shape index (κ1) is 24.2. The first-order valence-corrected chi connectivity index (χ1v) is 12.3. The minimum absolute atomic E-state index is 0.125. The minimum Gasteiger partial charge on any atom is -0.367 e. The Morgan fingerprint density at radius 1 is 1.06 bits per heavy atom. The number of piperazine rings is 1. The Labute approximate surface area is 189 Å². The number of hydrogen-bond acceptors (Lipinski definition) is 5. The normalized spacial score (nSPS) is 15.2. The van der Waals surface area contributed by atoms with Gasteiger partial charge in [0.1, 0.15) is 5.82 Å². The van der Waals surface area contributed by atoms with E-state index in [4.69, 9.17) is 0 Å². The van der Waals surface area contributed by atoms with E-state index in [1.165, 1.54) is 16.4 Å². The van der Waals surface area contributed by atoms with E-state index in [0.29, 0.717) is 18.8 Å². The molecule has 0 unspecified atom stereocenters. The molecule has 1 heterocycles. The molecule has 174 valence electrons. The van der Waals surface area contributed by atoms with E-state index in [0.717, 1.165) is 31.9 Å². The average molecular weight is 463 g/mol. The van der Waals surface area contributed by atoms with Crippen LogP contribution in [0, 0.1) is 5.82 Å². The fourth-order valence-electron chi connectivity index (χ4n) is 3.82. The van der Waals surface area contributed by atoms with Gasteiger partial charge in [0.25, 0.3) is 0 Å². The minimum atomic E-state index is -3.69. The molecule has 0 aliphatic carbocycles. The highest BCUT2D eigenvalue weighted by atomic mass is 32.2. The molecule has 0 atom stereocenters. The van der Waals surface area contributed by atoms with E-state index < -0.39 is 21.7 Å². The van der Waals surface area contributed by atoms with Crippen LogP contribution in [0.5, 0.6) is 0 Å². The topological polar surface area (TPSA) is 73.0 Å². The van der Waals surface area contributed by atoms with Crippen LogP contribution in [-0.2, 0) is 21.2 Å². The summed E-state index contributed by atoms with van der Waals surface area (Å²) in [7, 11) is -1.64. The number of carbonyl (C=O) groups excluding carboxylic acids is 1. The van der Waals surface area contributed by atoms with Crippen LogP contribution >= 0.6 is 0 Å². The van der Waals surface area contributed by atoms with Crippen LogP contribution in [0.4, 0.5) is 15.8 Å². The Kier molecular flexibility index (Phi) is 7.86. The smallest absolute Gasteiger partial charge is 0.243 e. The van der Waals surface area contributed by atoms with Gasteiger partial charge in [-0.1, -0.05) is 32.0 Å². The predicted octanol–water partition coefficient (Wildman–Crippen LogP) is 2.79. The molecule has 3 rings (SSSR count). The Bertz CT molecular complexity index is 1050. The molecule has 7 nitrogen and oxygen atoms in total. The van der Waals surface area contributed by atoms with Crippen LogP contribution in [0.2, 0.25) is 0 Å². The van der Waals surface area contributed by atoms with Crippen molar-refractivity contribution in [2.75, 3.05) is 56.5 Å². The number of carbonyl (C=O) groups is 1. The SMILES string of the molecule is CCN(CC)S(=O)(=O)c1ccc(N2CCN(C)CC2)c(NC(=O)Cc2ccccc2F)c1. The molecule has 1 amide bonds. The lowest BCUT2D eigenvalue weighted by molar-refractivity contribution is -0.115. The third kappa shape index (κ3) is 5.46. The van der Waals surface area contributed by atoms with Crippen LogP contribution in [0.1, 0.15) is 19.4 Å². The quantitative estimate of drug-likeness (QED) is 0.653. The first-order chi connectivity index (χ1) is 15.3. The molecule has 0 spiro atoms. The van der Waals surface area contributed by atoms with Crippen molar-refractivity contribution in [2.45, 2.75) is 25.2 Å². The van der Waals surface area contributed by atoms with Gasteiger partial charge < -0.3 is 15.1 Å². The molecule has 1 N–H and O–H groups in total. The molecule has 1 fully saturated rings. The maximum atomic E-state index is 14.0. The number of sulfonamides is 1. The molecule has 2 aromatic rings. The standard InChI is InChI=1S/C23H31FN4O3S/c1-4-28(5-2)32(30,31)19-10-11-22(27-14-12-26(3)13-15-27)21(17-19)25-23(29)16-18-8-6-7-9-20(18)24/h6-11,17H,4-5,12-16H2,1-3H3,(H,25,29). The number of amides is 1. The Morgan fingerprint density at radius 3 is 2.34 bits per heavy atom. The second-order valence-electron chi connectivity index (χ2n) is 7.87. The number of rotatable bonds is 8. The van der Waals surface area contributed by atoms with Gasteiger partial charge in [-0.05, 0) is 36.9 Å². The molecule has 1 aliphatic heterocycles. The number of anilines is 2. The molecule has 0 aromatic heterocycles. The zero-order valence-corrected chi connectivity index (χ0v) is 19.7. The zero-order valence-electron chi connectivity index (χ0n) is 18.8. The monoisotopic (exact) mass is 462 g/mol. The van der Waals surface area contributed by atoms with Crippen LogP contribution in [-0.4, -0.2) is 69.8 Å². The number of nitrogens with zero attached hydrogens (tertiary/aromatic N) is 3. The van der Waals surface area contributed by atoms with Crippen LogP contribution in [0.3, 0.4) is 0 Å². The lowest BCUT2D eigenvalue weighted by atomic mass is 10.1. The van der Waals surface area contributed by atoms with Gasteiger partial charge in [-0.15, -0.1) is 0 Å². The summed E-state index contributed by atoms with van der Waals surface area (Å²) in [6, 6.07) is 11.0. The van der Waals surface area contributed by atoms with E-state index in [9.17, 15) is 17.6 Å². The highest BCUT2D eigenvalue weighted by Gasteiger charge is 2.25. The summed E-state index contributed by atoms with van der Waals surface area (Å²) >= 11 is 0. The van der Waals surface area contributed by atoms with Crippen LogP contribution in [0.25, 0.3) is 0 Å². The Hall–Kier alpha value is -2.49. The first-order valence-electron chi connectivity index (χ1n) is 10.9. The molecule has 32 heavy (non-hydrogen) atoms. The van der Waals surface area contributed by atoms with Crippen molar-refractivity contribution in [3.05, 3.63) is 53.8 Å². The second-order valence-corrected chi connectivity index (χ2v) is 9.81. The summed E-state index contributed by atoms with van der Waals surface area (Å²) in [5.41, 5.74) is 1.47. The van der Waals surface area contributed by atoms with E-state index in [2.05, 4.69) is 15.1 Å². The molecule has 0 bridgehead atoms. The van der Waals surface area contributed by atoms with Crippen molar-refractivity contribution in [3.63, 3.8) is 0 Å². The molecular weight excluding hydrogens is 431 g/mol. The highest BCUT2D eigenvalue weighted by molar-refractivity contribution is 7.89. The number of hydrogen-bond donors (Lipinski definition) is 1. The van der Waals surface area contributed by atoms with Gasteiger partial charge in [0.2, 0.25) is 15.9 Å². The van der Waals surface area contributed by atoms with Gasteiger partial charge >= 0.3 is 0 Å². The summed E-state index contributed by atoms with van der Waals surface area (Å²) in [6.45, 7) is 7.53. The summed E-state index contributed by atoms with van der Waals surface area (Å²) in [5, 5.41) is 2.84. The van der Waals surface area contributed by atoms with E-state index in [1.807, 2.05) is 7.05 Å². The van der Waals surface area contributed by atoms with Gasteiger partial charge in [-0.3, -0.25) is 4.79 Å². The largest absolute Gasteiger partial charge is 0.367 e. The highest BCUT2D eigenvalue weighted by Crippen LogP contribution is 2.31. The van der Waals surface area contributed by atoms with Gasteiger partial charge in [0.15, 0.2) is 0 Å². The van der Waals surface area contributed by atoms with Crippen molar-refractivity contribution in [2.24, 2.45) is 0 Å². The van der Waals surface area contributed by atoms with E-state index in [1.54, 1.807) is 44.2 Å². The average Bonchev–Trinajstić information content (AvgIpc) is 2.76. The zero-order chi connectivity index (χ0) is 23.3. The van der Waals surface area contributed by atoms with Gasteiger partial charge in [-0.25, -0.2) is 12.8 Å². The van der Waals surface area contributed by atoms with E-state index >= 15 is 0 Å². The summed E-state index contributed by atoms with van der Waals surface area (Å²) < 4.78 is 41.5. The number of benzene rings is 2. The third-order valence-corrected chi connectivity index (χ3v) is 7.78. The molecule has 0 radical (unpaired) electrons. The van der Waals surface area contributed by atoms with Crippen molar-refractivity contribution >= 4 is 27.3 Å². The second kappa shape index (κ2) is 10.4. The lowest BCUT2D eigenvalue weighted by Gasteiger charge is -2.35. The number of halogens is 1. The van der Waals surface area contributed by atoms with Gasteiger partial charge in [0, 0.05) is 39.3 Å². The van der Waals surface area contributed by atoms with Crippen molar-refractivity contribution in [1.82, 2.24) is 9.21 Å². The molecule has 0 saturated carbocycles. The molecule has 2 aromatic carbocycles. The Morgan fingerprint density at radius 2 is 1.72 bits per heavy atom. The van der Waals surface area contributed by atoms with Crippen molar-refractivity contribution < 1.29 is 17.6 Å².